The third kappa shape index (κ3) is 2.58. The van der Waals surface area contributed by atoms with Crippen LogP contribution in [0, 0.1) is 0 Å². The molecule has 6 heteroatoms. The Balaban J connectivity index is 1.83. The number of aromatic nitrogens is 4. The van der Waals surface area contributed by atoms with Crippen LogP contribution in [0.15, 0.2) is 46.2 Å². The van der Waals surface area contributed by atoms with Gasteiger partial charge in [-0.25, -0.2) is 9.78 Å². The van der Waals surface area contributed by atoms with Crippen LogP contribution in [0.5, 0.6) is 0 Å². The molecule has 6 nitrogen and oxygen atoms in total. The lowest BCUT2D eigenvalue weighted by molar-refractivity contribution is 0.337. The van der Waals surface area contributed by atoms with Crippen LogP contribution in [0.1, 0.15) is 43.7 Å². The molecule has 1 N–H and O–H groups in total. The van der Waals surface area contributed by atoms with E-state index in [9.17, 15) is 9.59 Å². The molecule has 4 rings (SSSR count). The number of hydrogen-bond acceptors (Lipinski definition) is 3. The molecule has 0 amide bonds. The van der Waals surface area contributed by atoms with Gasteiger partial charge in [0.1, 0.15) is 0 Å². The summed E-state index contributed by atoms with van der Waals surface area (Å²) in [5, 5.41) is 0. The molecule has 0 saturated heterocycles. The molecule has 1 aliphatic carbocycles. The summed E-state index contributed by atoms with van der Waals surface area (Å²) in [6.07, 6.45) is 6.72. The first-order valence-electron chi connectivity index (χ1n) is 8.47. The summed E-state index contributed by atoms with van der Waals surface area (Å²) < 4.78 is 3.23. The lowest BCUT2D eigenvalue weighted by Gasteiger charge is -2.22. The number of H-pyrrole nitrogens is 1. The van der Waals surface area contributed by atoms with Crippen molar-refractivity contribution >= 4 is 11.2 Å². The Morgan fingerprint density at radius 2 is 1.83 bits per heavy atom. The van der Waals surface area contributed by atoms with Crippen molar-refractivity contribution in [2.24, 2.45) is 0 Å². The molecule has 124 valence electrons. The largest absolute Gasteiger partial charge is 0.330 e. The predicted octanol–water partition coefficient (Wildman–Crippen LogP) is 2.44. The summed E-state index contributed by atoms with van der Waals surface area (Å²) in [6.45, 7) is 0.559. The van der Waals surface area contributed by atoms with E-state index >= 15 is 0 Å². The van der Waals surface area contributed by atoms with Gasteiger partial charge in [-0.05, 0) is 18.4 Å². The van der Waals surface area contributed by atoms with E-state index < -0.39 is 0 Å². The van der Waals surface area contributed by atoms with Crippen molar-refractivity contribution in [1.29, 1.82) is 0 Å². The number of rotatable bonds is 3. The number of nitrogens with one attached hydrogen (secondary N) is 1. The van der Waals surface area contributed by atoms with Gasteiger partial charge in [0.15, 0.2) is 11.2 Å². The van der Waals surface area contributed by atoms with E-state index in [-0.39, 0.29) is 17.3 Å². The predicted molar refractivity (Wildman–Crippen MR) is 92.3 cm³/mol. The van der Waals surface area contributed by atoms with Gasteiger partial charge in [0, 0.05) is 12.6 Å². The van der Waals surface area contributed by atoms with Crippen molar-refractivity contribution in [2.45, 2.75) is 44.7 Å². The molecule has 0 atom stereocenters. The standard InChI is InChI=1S/C18H20N4O2/c23-17-15-16(19-12-21(15)11-13-7-3-1-4-8-13)20-18(24)22(17)14-9-5-2-6-10-14/h1,3-4,7-8,12,14H,2,5-6,9-11H2,(H,20,24). The first kappa shape index (κ1) is 14.9. The van der Waals surface area contributed by atoms with E-state index in [1.54, 1.807) is 6.33 Å². The Labute approximate surface area is 138 Å². The Morgan fingerprint density at radius 3 is 2.58 bits per heavy atom. The van der Waals surface area contributed by atoms with Crippen LogP contribution in [0.4, 0.5) is 0 Å². The van der Waals surface area contributed by atoms with E-state index in [4.69, 9.17) is 0 Å². The number of imidazole rings is 1. The second-order valence-corrected chi connectivity index (χ2v) is 6.45. The zero-order valence-electron chi connectivity index (χ0n) is 13.4. The summed E-state index contributed by atoms with van der Waals surface area (Å²) >= 11 is 0. The van der Waals surface area contributed by atoms with Gasteiger partial charge in [0.05, 0.1) is 6.33 Å². The second kappa shape index (κ2) is 6.11. The topological polar surface area (TPSA) is 72.7 Å². The third-order valence-electron chi connectivity index (χ3n) is 4.84. The first-order chi connectivity index (χ1) is 11.7. The Hall–Kier alpha value is -2.63. The molecule has 0 spiro atoms. The lowest BCUT2D eigenvalue weighted by Crippen LogP contribution is -2.39. The molecule has 2 aromatic heterocycles. The van der Waals surface area contributed by atoms with Gasteiger partial charge in [0.2, 0.25) is 0 Å². The highest BCUT2D eigenvalue weighted by Crippen LogP contribution is 2.26. The van der Waals surface area contributed by atoms with Gasteiger partial charge in [0.25, 0.3) is 5.56 Å². The average molecular weight is 324 g/mol. The van der Waals surface area contributed by atoms with Crippen LogP contribution in [-0.4, -0.2) is 19.1 Å². The Morgan fingerprint density at radius 1 is 1.08 bits per heavy atom. The quantitative estimate of drug-likeness (QED) is 0.804. The van der Waals surface area contributed by atoms with E-state index in [1.165, 1.54) is 11.0 Å². The SMILES string of the molecule is O=c1[nH]c2ncn(Cc3ccccc3)c2c(=O)n1C1CCCCC1. The summed E-state index contributed by atoms with van der Waals surface area (Å²) in [5.41, 5.74) is 1.36. The van der Waals surface area contributed by atoms with Crippen molar-refractivity contribution in [3.05, 3.63) is 63.1 Å². The molecule has 0 bridgehead atoms. The normalized spacial score (nSPS) is 15.8. The van der Waals surface area contributed by atoms with E-state index in [0.717, 1.165) is 31.2 Å². The molecular weight excluding hydrogens is 304 g/mol. The van der Waals surface area contributed by atoms with Crippen molar-refractivity contribution < 1.29 is 0 Å². The highest BCUT2D eigenvalue weighted by molar-refractivity contribution is 5.69. The molecule has 3 aromatic rings. The average Bonchev–Trinajstić information content (AvgIpc) is 2.99. The fourth-order valence-corrected chi connectivity index (χ4v) is 3.64. The highest BCUT2D eigenvalue weighted by Gasteiger charge is 2.21. The van der Waals surface area contributed by atoms with Gasteiger partial charge in [-0.3, -0.25) is 14.3 Å². The van der Waals surface area contributed by atoms with Crippen molar-refractivity contribution in [1.82, 2.24) is 19.1 Å². The van der Waals surface area contributed by atoms with Crippen LogP contribution in [0.2, 0.25) is 0 Å². The maximum atomic E-state index is 13.0. The van der Waals surface area contributed by atoms with Gasteiger partial charge < -0.3 is 4.57 Å². The summed E-state index contributed by atoms with van der Waals surface area (Å²) in [7, 11) is 0. The number of aromatic amines is 1. The van der Waals surface area contributed by atoms with Gasteiger partial charge >= 0.3 is 5.69 Å². The second-order valence-electron chi connectivity index (χ2n) is 6.45. The summed E-state index contributed by atoms with van der Waals surface area (Å²) in [5.74, 6) is 0. The molecule has 0 aliphatic heterocycles. The maximum Gasteiger partial charge on any atom is 0.330 e. The van der Waals surface area contributed by atoms with Gasteiger partial charge in [-0.15, -0.1) is 0 Å². The monoisotopic (exact) mass is 324 g/mol. The summed E-state index contributed by atoms with van der Waals surface area (Å²) in [4.78, 5) is 32.4. The first-order valence-corrected chi connectivity index (χ1v) is 8.47. The molecule has 0 radical (unpaired) electrons. The van der Waals surface area contributed by atoms with Crippen LogP contribution >= 0.6 is 0 Å². The molecular formula is C18H20N4O2. The fourth-order valence-electron chi connectivity index (χ4n) is 3.64. The zero-order chi connectivity index (χ0) is 16.5. The maximum absolute atomic E-state index is 13.0. The van der Waals surface area contributed by atoms with Crippen molar-refractivity contribution in [2.75, 3.05) is 0 Å². The molecule has 1 saturated carbocycles. The van der Waals surface area contributed by atoms with Crippen LogP contribution in [-0.2, 0) is 6.54 Å². The summed E-state index contributed by atoms with van der Waals surface area (Å²) in [6, 6.07) is 9.92. The van der Waals surface area contributed by atoms with E-state index in [0.29, 0.717) is 17.7 Å². The van der Waals surface area contributed by atoms with Crippen LogP contribution in [0.3, 0.4) is 0 Å². The minimum absolute atomic E-state index is 0.000486. The molecule has 1 aromatic carbocycles. The zero-order valence-corrected chi connectivity index (χ0v) is 13.4. The highest BCUT2D eigenvalue weighted by atomic mass is 16.2. The lowest BCUT2D eigenvalue weighted by atomic mass is 9.95. The molecule has 1 aliphatic rings. The fraction of sp³-hybridized carbons (Fsp3) is 0.389. The van der Waals surface area contributed by atoms with Gasteiger partial charge in [-0.2, -0.15) is 0 Å². The number of hydrogen-bond donors (Lipinski definition) is 1. The van der Waals surface area contributed by atoms with Crippen molar-refractivity contribution in [3.8, 4) is 0 Å². The number of benzene rings is 1. The van der Waals surface area contributed by atoms with Gasteiger partial charge in [-0.1, -0.05) is 49.6 Å². The molecule has 1 fully saturated rings. The third-order valence-corrected chi connectivity index (χ3v) is 4.84. The van der Waals surface area contributed by atoms with E-state index in [2.05, 4.69) is 9.97 Å². The minimum atomic E-state index is -0.343. The smallest absolute Gasteiger partial charge is 0.320 e. The number of nitrogens with zero attached hydrogens (tertiary/aromatic N) is 3. The number of fused-ring (bicyclic) bond motifs is 1. The Bertz CT molecular complexity index is 962. The molecule has 2 heterocycles. The van der Waals surface area contributed by atoms with Crippen LogP contribution in [0.25, 0.3) is 11.2 Å². The van der Waals surface area contributed by atoms with Crippen molar-refractivity contribution in [3.63, 3.8) is 0 Å². The van der Waals surface area contributed by atoms with E-state index in [1.807, 2.05) is 34.9 Å². The molecule has 0 unspecified atom stereocenters. The van der Waals surface area contributed by atoms with Crippen LogP contribution < -0.4 is 11.2 Å². The Kier molecular flexibility index (Phi) is 3.80. The minimum Gasteiger partial charge on any atom is -0.320 e. The molecule has 24 heavy (non-hydrogen) atoms.